The maximum atomic E-state index is 9.51. The summed E-state index contributed by atoms with van der Waals surface area (Å²) in [5, 5.41) is 11.6. The third kappa shape index (κ3) is 2.11. The SMILES string of the molecule is Cc1ccsc1-c1cnc(N2CCC(O)C2)nc1. The highest BCUT2D eigenvalue weighted by Crippen LogP contribution is 2.28. The van der Waals surface area contributed by atoms with Crippen molar-refractivity contribution in [3.63, 3.8) is 0 Å². The van der Waals surface area contributed by atoms with Gasteiger partial charge in [0.1, 0.15) is 0 Å². The Kier molecular flexibility index (Phi) is 3.01. The molecule has 0 bridgehead atoms. The van der Waals surface area contributed by atoms with Crippen LogP contribution in [-0.2, 0) is 0 Å². The number of nitrogens with zero attached hydrogens (tertiary/aromatic N) is 3. The van der Waals surface area contributed by atoms with Crippen LogP contribution in [0.2, 0.25) is 0 Å². The summed E-state index contributed by atoms with van der Waals surface area (Å²) >= 11 is 1.71. The van der Waals surface area contributed by atoms with Gasteiger partial charge in [-0.05, 0) is 30.4 Å². The number of aliphatic hydroxyl groups excluding tert-OH is 1. The number of aryl methyl sites for hydroxylation is 1. The van der Waals surface area contributed by atoms with Gasteiger partial charge in [-0.3, -0.25) is 0 Å². The van der Waals surface area contributed by atoms with Crippen LogP contribution in [0.15, 0.2) is 23.8 Å². The lowest BCUT2D eigenvalue weighted by Crippen LogP contribution is -2.23. The first-order valence-corrected chi connectivity index (χ1v) is 6.91. The third-order valence-electron chi connectivity index (χ3n) is 3.21. The number of rotatable bonds is 2. The molecular formula is C13H15N3OS. The van der Waals surface area contributed by atoms with Gasteiger partial charge in [0.25, 0.3) is 0 Å². The summed E-state index contributed by atoms with van der Waals surface area (Å²) in [5.41, 5.74) is 2.32. The van der Waals surface area contributed by atoms with E-state index in [1.165, 1.54) is 10.4 Å². The van der Waals surface area contributed by atoms with E-state index in [0.29, 0.717) is 12.5 Å². The summed E-state index contributed by atoms with van der Waals surface area (Å²) in [7, 11) is 0. The van der Waals surface area contributed by atoms with E-state index >= 15 is 0 Å². The summed E-state index contributed by atoms with van der Waals surface area (Å²) < 4.78 is 0. The molecule has 94 valence electrons. The topological polar surface area (TPSA) is 49.2 Å². The standard InChI is InChI=1S/C13H15N3OS/c1-9-3-5-18-12(9)10-6-14-13(15-7-10)16-4-2-11(17)8-16/h3,5-7,11,17H,2,4,8H2,1H3. The Labute approximate surface area is 110 Å². The quantitative estimate of drug-likeness (QED) is 0.899. The van der Waals surface area contributed by atoms with Crippen molar-refractivity contribution in [1.29, 1.82) is 0 Å². The van der Waals surface area contributed by atoms with Crippen molar-refractivity contribution in [1.82, 2.24) is 9.97 Å². The van der Waals surface area contributed by atoms with Crippen molar-refractivity contribution >= 4 is 17.3 Å². The molecule has 1 atom stereocenters. The molecule has 3 heterocycles. The number of aromatic nitrogens is 2. The fourth-order valence-corrected chi connectivity index (χ4v) is 3.10. The zero-order valence-electron chi connectivity index (χ0n) is 10.2. The molecule has 5 heteroatoms. The molecule has 0 spiro atoms. The highest BCUT2D eigenvalue weighted by Gasteiger charge is 2.22. The number of hydrogen-bond acceptors (Lipinski definition) is 5. The average molecular weight is 261 g/mol. The Morgan fingerprint density at radius 1 is 1.39 bits per heavy atom. The maximum Gasteiger partial charge on any atom is 0.225 e. The molecule has 1 aliphatic heterocycles. The molecule has 0 amide bonds. The minimum absolute atomic E-state index is 0.243. The lowest BCUT2D eigenvalue weighted by Gasteiger charge is -2.14. The Bertz CT molecular complexity index is 537. The molecule has 4 nitrogen and oxygen atoms in total. The van der Waals surface area contributed by atoms with E-state index < -0.39 is 0 Å². The normalized spacial score (nSPS) is 19.4. The van der Waals surface area contributed by atoms with Gasteiger partial charge in [0.15, 0.2) is 0 Å². The lowest BCUT2D eigenvalue weighted by molar-refractivity contribution is 0.198. The van der Waals surface area contributed by atoms with Crippen LogP contribution in [0.3, 0.4) is 0 Å². The van der Waals surface area contributed by atoms with Crippen molar-refractivity contribution in [2.24, 2.45) is 0 Å². The second kappa shape index (κ2) is 4.66. The molecule has 0 aliphatic carbocycles. The van der Waals surface area contributed by atoms with Crippen LogP contribution in [0.4, 0.5) is 5.95 Å². The summed E-state index contributed by atoms with van der Waals surface area (Å²) in [4.78, 5) is 12.1. The molecular weight excluding hydrogens is 246 g/mol. The Morgan fingerprint density at radius 3 is 2.72 bits per heavy atom. The highest BCUT2D eigenvalue weighted by atomic mass is 32.1. The van der Waals surface area contributed by atoms with Crippen LogP contribution in [-0.4, -0.2) is 34.3 Å². The van der Waals surface area contributed by atoms with Gasteiger partial charge in [-0.1, -0.05) is 0 Å². The number of anilines is 1. The molecule has 2 aromatic heterocycles. The van der Waals surface area contributed by atoms with E-state index in [1.54, 1.807) is 11.3 Å². The van der Waals surface area contributed by atoms with Gasteiger partial charge >= 0.3 is 0 Å². The number of hydrogen-bond donors (Lipinski definition) is 1. The lowest BCUT2D eigenvalue weighted by atomic mass is 10.2. The smallest absolute Gasteiger partial charge is 0.225 e. The van der Waals surface area contributed by atoms with Crippen LogP contribution >= 0.6 is 11.3 Å². The first kappa shape index (κ1) is 11.6. The van der Waals surface area contributed by atoms with Crippen molar-refractivity contribution < 1.29 is 5.11 Å². The summed E-state index contributed by atoms with van der Waals surface area (Å²) in [6.45, 7) is 3.56. The van der Waals surface area contributed by atoms with Crippen molar-refractivity contribution in [2.75, 3.05) is 18.0 Å². The zero-order chi connectivity index (χ0) is 12.5. The van der Waals surface area contributed by atoms with Crippen LogP contribution in [0.25, 0.3) is 10.4 Å². The zero-order valence-corrected chi connectivity index (χ0v) is 11.0. The minimum Gasteiger partial charge on any atom is -0.391 e. The molecule has 3 rings (SSSR count). The second-order valence-electron chi connectivity index (χ2n) is 4.59. The van der Waals surface area contributed by atoms with Gasteiger partial charge in [0, 0.05) is 35.9 Å². The summed E-state index contributed by atoms with van der Waals surface area (Å²) in [5.74, 6) is 0.713. The molecule has 1 N–H and O–H groups in total. The summed E-state index contributed by atoms with van der Waals surface area (Å²) in [6.07, 6.45) is 4.29. The number of aliphatic hydroxyl groups is 1. The second-order valence-corrected chi connectivity index (χ2v) is 5.51. The fourth-order valence-electron chi connectivity index (χ4n) is 2.19. The van der Waals surface area contributed by atoms with Crippen LogP contribution < -0.4 is 4.90 Å². The van der Waals surface area contributed by atoms with Crippen molar-refractivity contribution in [3.05, 3.63) is 29.4 Å². The Hall–Kier alpha value is -1.46. The first-order chi connectivity index (χ1) is 8.74. The Morgan fingerprint density at radius 2 is 2.17 bits per heavy atom. The van der Waals surface area contributed by atoms with Gasteiger partial charge in [0.2, 0.25) is 5.95 Å². The third-order valence-corrected chi connectivity index (χ3v) is 4.27. The molecule has 2 aromatic rings. The van der Waals surface area contributed by atoms with Crippen molar-refractivity contribution in [3.8, 4) is 10.4 Å². The van der Waals surface area contributed by atoms with E-state index in [0.717, 1.165) is 18.5 Å². The molecule has 1 unspecified atom stereocenters. The van der Waals surface area contributed by atoms with E-state index in [-0.39, 0.29) is 6.10 Å². The molecule has 0 saturated carbocycles. The molecule has 0 radical (unpaired) electrons. The summed E-state index contributed by atoms with van der Waals surface area (Å²) in [6, 6.07) is 2.10. The van der Waals surface area contributed by atoms with Crippen LogP contribution in [0.5, 0.6) is 0 Å². The molecule has 1 fully saturated rings. The van der Waals surface area contributed by atoms with E-state index in [4.69, 9.17) is 0 Å². The van der Waals surface area contributed by atoms with Gasteiger partial charge in [-0.25, -0.2) is 9.97 Å². The van der Waals surface area contributed by atoms with Crippen LogP contribution in [0.1, 0.15) is 12.0 Å². The monoisotopic (exact) mass is 261 g/mol. The molecule has 1 aliphatic rings. The maximum absolute atomic E-state index is 9.51. The number of β-amino-alcohol motifs (C(OH)–C–C–N with tert-alkyl or cyclic N) is 1. The largest absolute Gasteiger partial charge is 0.391 e. The van der Waals surface area contributed by atoms with E-state index in [2.05, 4.69) is 28.3 Å². The Balaban J connectivity index is 1.83. The first-order valence-electron chi connectivity index (χ1n) is 6.03. The van der Waals surface area contributed by atoms with Gasteiger partial charge in [-0.2, -0.15) is 0 Å². The van der Waals surface area contributed by atoms with Gasteiger partial charge in [-0.15, -0.1) is 11.3 Å². The van der Waals surface area contributed by atoms with E-state index in [9.17, 15) is 5.11 Å². The fraction of sp³-hybridized carbons (Fsp3) is 0.385. The van der Waals surface area contributed by atoms with Gasteiger partial charge < -0.3 is 10.0 Å². The van der Waals surface area contributed by atoms with E-state index in [1.807, 2.05) is 17.3 Å². The average Bonchev–Trinajstić information content (AvgIpc) is 2.98. The molecule has 0 aromatic carbocycles. The van der Waals surface area contributed by atoms with Crippen LogP contribution in [0, 0.1) is 6.92 Å². The predicted molar refractivity (Wildman–Crippen MR) is 72.9 cm³/mol. The highest BCUT2D eigenvalue weighted by molar-refractivity contribution is 7.13. The van der Waals surface area contributed by atoms with Crippen molar-refractivity contribution in [2.45, 2.75) is 19.4 Å². The number of thiophene rings is 1. The minimum atomic E-state index is -0.243. The molecule has 18 heavy (non-hydrogen) atoms. The predicted octanol–water partition coefficient (Wildman–Crippen LogP) is 2.08. The van der Waals surface area contributed by atoms with Gasteiger partial charge in [0.05, 0.1) is 6.10 Å². The molecule has 1 saturated heterocycles.